The second-order valence-electron chi connectivity index (χ2n) is 6.69. The number of hydrogen-bond donors (Lipinski definition) is 0. The van der Waals surface area contributed by atoms with Crippen LogP contribution in [0.15, 0.2) is 61.2 Å². The molecule has 2 aromatic carbocycles. The van der Waals surface area contributed by atoms with E-state index in [9.17, 15) is 14.0 Å². The highest BCUT2D eigenvalue weighted by Gasteiger charge is 2.55. The van der Waals surface area contributed by atoms with Crippen molar-refractivity contribution in [2.45, 2.75) is 12.0 Å². The number of hydrogen-bond acceptors (Lipinski definition) is 4. The molecule has 0 saturated heterocycles. The summed E-state index contributed by atoms with van der Waals surface area (Å²) >= 11 is 0. The minimum atomic E-state index is -1.48. The zero-order valence-electron chi connectivity index (χ0n) is 15.3. The second kappa shape index (κ2) is 6.64. The van der Waals surface area contributed by atoms with E-state index in [1.165, 1.54) is 25.3 Å². The molecule has 1 amide bonds. The van der Waals surface area contributed by atoms with Gasteiger partial charge in [-0.3, -0.25) is 4.79 Å². The quantitative estimate of drug-likeness (QED) is 0.602. The van der Waals surface area contributed by atoms with E-state index in [0.717, 1.165) is 0 Å². The summed E-state index contributed by atoms with van der Waals surface area (Å²) < 4.78 is 24.3. The maximum atomic E-state index is 13.4. The minimum absolute atomic E-state index is 0.150. The van der Waals surface area contributed by atoms with E-state index >= 15 is 0 Å². The Bertz CT molecular complexity index is 1010. The van der Waals surface area contributed by atoms with Crippen LogP contribution in [-0.2, 0) is 19.9 Å². The third-order valence-electron chi connectivity index (χ3n) is 5.05. The Balaban J connectivity index is 1.85. The van der Waals surface area contributed by atoms with E-state index in [0.29, 0.717) is 28.1 Å². The highest BCUT2D eigenvalue weighted by atomic mass is 19.1. The molecule has 142 valence electrons. The summed E-state index contributed by atoms with van der Waals surface area (Å²) in [5, 5.41) is 0. The monoisotopic (exact) mass is 379 g/mol. The van der Waals surface area contributed by atoms with Gasteiger partial charge in [-0.15, -0.1) is 6.58 Å². The van der Waals surface area contributed by atoms with Crippen molar-refractivity contribution in [2.75, 3.05) is 18.6 Å². The summed E-state index contributed by atoms with van der Waals surface area (Å²) in [5.74, 6) is -0.771. The van der Waals surface area contributed by atoms with Crippen molar-refractivity contribution in [3.63, 3.8) is 0 Å². The van der Waals surface area contributed by atoms with Gasteiger partial charge in [0.05, 0.1) is 12.8 Å². The van der Waals surface area contributed by atoms with Crippen LogP contribution >= 0.6 is 0 Å². The SMILES string of the molecule is C=CCN1C(=O)[C@]2(CC(c3ccc(F)cc3)=CC(=O)O2)c2cc(OC)ccc21. The van der Waals surface area contributed by atoms with Gasteiger partial charge in [-0.05, 0) is 41.5 Å². The van der Waals surface area contributed by atoms with Gasteiger partial charge in [0.15, 0.2) is 0 Å². The molecule has 0 saturated carbocycles. The van der Waals surface area contributed by atoms with E-state index in [-0.39, 0.29) is 24.7 Å². The number of amides is 1. The molecule has 0 bridgehead atoms. The van der Waals surface area contributed by atoms with Crippen LogP contribution < -0.4 is 9.64 Å². The summed E-state index contributed by atoms with van der Waals surface area (Å²) in [7, 11) is 1.53. The number of benzene rings is 2. The lowest BCUT2D eigenvalue weighted by Gasteiger charge is -2.32. The Morgan fingerprint density at radius 3 is 2.68 bits per heavy atom. The molecule has 0 fully saturated rings. The number of anilines is 1. The van der Waals surface area contributed by atoms with Crippen molar-refractivity contribution in [2.24, 2.45) is 0 Å². The Morgan fingerprint density at radius 1 is 1.25 bits per heavy atom. The first-order valence-electron chi connectivity index (χ1n) is 8.79. The molecule has 4 rings (SSSR count). The molecule has 28 heavy (non-hydrogen) atoms. The molecule has 0 unspecified atom stereocenters. The van der Waals surface area contributed by atoms with Crippen LogP contribution in [0.2, 0.25) is 0 Å². The fourth-order valence-electron chi connectivity index (χ4n) is 3.77. The number of esters is 1. The number of ether oxygens (including phenoxy) is 2. The average molecular weight is 379 g/mol. The number of fused-ring (bicyclic) bond motifs is 2. The highest BCUT2D eigenvalue weighted by Crippen LogP contribution is 2.50. The number of carbonyl (C=O) groups excluding carboxylic acids is 2. The molecule has 2 aromatic rings. The van der Waals surface area contributed by atoms with Crippen LogP contribution in [0.3, 0.4) is 0 Å². The first-order valence-corrected chi connectivity index (χ1v) is 8.79. The van der Waals surface area contributed by atoms with Crippen molar-refractivity contribution in [1.82, 2.24) is 0 Å². The van der Waals surface area contributed by atoms with Crippen molar-refractivity contribution >= 4 is 23.1 Å². The van der Waals surface area contributed by atoms with Crippen LogP contribution in [0.1, 0.15) is 17.5 Å². The summed E-state index contributed by atoms with van der Waals surface area (Å²) in [6.45, 7) is 4.00. The molecule has 0 aliphatic carbocycles. The third-order valence-corrected chi connectivity index (χ3v) is 5.05. The van der Waals surface area contributed by atoms with Crippen LogP contribution in [0.4, 0.5) is 10.1 Å². The molecular formula is C22H18FNO4. The molecule has 0 aromatic heterocycles. The Labute approximate surface area is 161 Å². The number of methoxy groups -OCH3 is 1. The van der Waals surface area contributed by atoms with Gasteiger partial charge in [0, 0.05) is 24.6 Å². The molecule has 5 nitrogen and oxygen atoms in total. The summed E-state index contributed by atoms with van der Waals surface area (Å²) in [6, 6.07) is 11.1. The molecule has 2 aliphatic rings. The number of rotatable bonds is 4. The summed E-state index contributed by atoms with van der Waals surface area (Å²) in [5.41, 5.74) is 1.01. The smallest absolute Gasteiger partial charge is 0.332 e. The molecule has 2 heterocycles. The topological polar surface area (TPSA) is 55.8 Å². The van der Waals surface area contributed by atoms with Gasteiger partial charge in [-0.1, -0.05) is 18.2 Å². The van der Waals surface area contributed by atoms with E-state index in [4.69, 9.17) is 9.47 Å². The first kappa shape index (κ1) is 18.0. The fourth-order valence-corrected chi connectivity index (χ4v) is 3.77. The Hall–Kier alpha value is -3.41. The van der Waals surface area contributed by atoms with Crippen LogP contribution in [0.25, 0.3) is 5.57 Å². The largest absolute Gasteiger partial charge is 0.497 e. The van der Waals surface area contributed by atoms with Gasteiger partial charge in [0.2, 0.25) is 5.60 Å². The van der Waals surface area contributed by atoms with E-state index in [1.807, 2.05) is 0 Å². The highest BCUT2D eigenvalue weighted by molar-refractivity contribution is 6.11. The van der Waals surface area contributed by atoms with E-state index < -0.39 is 11.6 Å². The van der Waals surface area contributed by atoms with Gasteiger partial charge in [0.25, 0.3) is 5.91 Å². The van der Waals surface area contributed by atoms with E-state index in [2.05, 4.69) is 6.58 Å². The maximum Gasteiger partial charge on any atom is 0.332 e. The molecule has 2 aliphatic heterocycles. The Kier molecular flexibility index (Phi) is 4.26. The first-order chi connectivity index (χ1) is 13.5. The van der Waals surface area contributed by atoms with Crippen molar-refractivity contribution in [3.8, 4) is 5.75 Å². The van der Waals surface area contributed by atoms with E-state index in [1.54, 1.807) is 41.3 Å². The number of halogens is 1. The predicted octanol–water partition coefficient (Wildman–Crippen LogP) is 3.59. The van der Waals surface area contributed by atoms with Gasteiger partial charge >= 0.3 is 5.97 Å². The standard InChI is InChI=1S/C22H18FNO4/c1-3-10-24-19-9-8-17(27-2)12-18(19)22(21(24)26)13-15(11-20(25)28-22)14-4-6-16(23)7-5-14/h3-9,11-12H,1,10,13H2,2H3/t22-/m0/s1. The fraction of sp³-hybridized carbons (Fsp3) is 0.182. The third kappa shape index (κ3) is 2.69. The van der Waals surface area contributed by atoms with Crippen molar-refractivity contribution < 1.29 is 23.5 Å². The van der Waals surface area contributed by atoms with Crippen molar-refractivity contribution in [3.05, 3.63) is 78.1 Å². The lowest BCUT2D eigenvalue weighted by molar-refractivity contribution is -0.163. The van der Waals surface area contributed by atoms with Crippen LogP contribution in [0.5, 0.6) is 5.75 Å². The second-order valence-corrected chi connectivity index (χ2v) is 6.69. The molecule has 0 N–H and O–H groups in total. The Morgan fingerprint density at radius 2 is 2.00 bits per heavy atom. The minimum Gasteiger partial charge on any atom is -0.497 e. The van der Waals surface area contributed by atoms with Gasteiger partial charge in [-0.2, -0.15) is 0 Å². The normalized spacial score (nSPS) is 20.6. The molecular weight excluding hydrogens is 361 g/mol. The molecule has 1 spiro atoms. The van der Waals surface area contributed by atoms with Gasteiger partial charge < -0.3 is 14.4 Å². The zero-order valence-corrected chi connectivity index (χ0v) is 15.3. The summed E-state index contributed by atoms with van der Waals surface area (Å²) in [6.07, 6.45) is 3.12. The van der Waals surface area contributed by atoms with Gasteiger partial charge in [-0.25, -0.2) is 9.18 Å². The zero-order chi connectivity index (χ0) is 19.9. The lowest BCUT2D eigenvalue weighted by atomic mass is 9.83. The molecule has 0 radical (unpaired) electrons. The number of nitrogens with zero attached hydrogens (tertiary/aromatic N) is 1. The van der Waals surface area contributed by atoms with Crippen LogP contribution in [0, 0.1) is 5.82 Å². The van der Waals surface area contributed by atoms with Gasteiger partial charge in [0.1, 0.15) is 11.6 Å². The van der Waals surface area contributed by atoms with Crippen LogP contribution in [-0.4, -0.2) is 25.5 Å². The molecule has 6 heteroatoms. The summed E-state index contributed by atoms with van der Waals surface area (Å²) in [4.78, 5) is 27.4. The van der Waals surface area contributed by atoms with Crippen molar-refractivity contribution in [1.29, 1.82) is 0 Å². The average Bonchev–Trinajstić information content (AvgIpc) is 2.90. The lowest BCUT2D eigenvalue weighted by Crippen LogP contribution is -2.45. The number of carbonyl (C=O) groups is 2. The predicted molar refractivity (Wildman–Crippen MR) is 102 cm³/mol. The molecule has 1 atom stereocenters. The maximum absolute atomic E-state index is 13.4.